The molecule has 1 rings (SSSR count). The number of aliphatic hydroxyl groups excluding tert-OH is 1. The van der Waals surface area contributed by atoms with Gasteiger partial charge in [0.15, 0.2) is 0 Å². The Labute approximate surface area is 114 Å². The summed E-state index contributed by atoms with van der Waals surface area (Å²) < 4.78 is 32.2. The molecule has 0 spiro atoms. The van der Waals surface area contributed by atoms with Crippen LogP contribution < -0.4 is 4.72 Å². The van der Waals surface area contributed by atoms with E-state index in [0.717, 1.165) is 0 Å². The second-order valence-electron chi connectivity index (χ2n) is 4.38. The van der Waals surface area contributed by atoms with Gasteiger partial charge in [-0.1, -0.05) is 12.1 Å². The van der Waals surface area contributed by atoms with Crippen LogP contribution in [-0.2, 0) is 21.4 Å². The fraction of sp³-hybridized carbons (Fsp3) is 0.538. The van der Waals surface area contributed by atoms with Crippen molar-refractivity contribution in [2.45, 2.75) is 38.4 Å². The predicted molar refractivity (Wildman–Crippen MR) is 73.4 cm³/mol. The second-order valence-corrected chi connectivity index (χ2v) is 6.11. The fourth-order valence-electron chi connectivity index (χ4n) is 1.68. The lowest BCUT2D eigenvalue weighted by Crippen LogP contribution is -2.32. The Kier molecular flexibility index (Phi) is 5.93. The summed E-state index contributed by atoms with van der Waals surface area (Å²) in [7, 11) is -3.58. The largest absolute Gasteiger partial charge is 0.392 e. The highest BCUT2D eigenvalue weighted by molar-refractivity contribution is 7.89. The second kappa shape index (κ2) is 7.00. The van der Waals surface area contributed by atoms with Gasteiger partial charge in [-0.2, -0.15) is 0 Å². The molecule has 0 aromatic heterocycles. The summed E-state index contributed by atoms with van der Waals surface area (Å²) in [6.07, 6.45) is -0.180. The van der Waals surface area contributed by atoms with Crippen LogP contribution in [-0.4, -0.2) is 32.8 Å². The molecule has 6 heteroatoms. The van der Waals surface area contributed by atoms with Gasteiger partial charge in [-0.05, 0) is 38.0 Å². The maximum Gasteiger partial charge on any atom is 0.240 e. The highest BCUT2D eigenvalue weighted by Crippen LogP contribution is 2.17. The van der Waals surface area contributed by atoms with Crippen molar-refractivity contribution in [3.05, 3.63) is 29.3 Å². The van der Waals surface area contributed by atoms with Gasteiger partial charge in [0, 0.05) is 13.2 Å². The summed E-state index contributed by atoms with van der Waals surface area (Å²) in [6, 6.07) is 4.88. The van der Waals surface area contributed by atoms with Crippen LogP contribution in [0.1, 0.15) is 25.0 Å². The van der Waals surface area contributed by atoms with Gasteiger partial charge in [0.2, 0.25) is 10.0 Å². The molecule has 0 aliphatic carbocycles. The Morgan fingerprint density at radius 1 is 1.42 bits per heavy atom. The third kappa shape index (κ3) is 4.58. The van der Waals surface area contributed by atoms with Crippen molar-refractivity contribution in [1.82, 2.24) is 4.72 Å². The van der Waals surface area contributed by atoms with Gasteiger partial charge >= 0.3 is 0 Å². The molecule has 0 fully saturated rings. The molecule has 1 unspecified atom stereocenters. The van der Waals surface area contributed by atoms with Crippen molar-refractivity contribution in [3.8, 4) is 0 Å². The molecule has 1 aromatic carbocycles. The molecule has 0 radical (unpaired) electrons. The summed E-state index contributed by atoms with van der Waals surface area (Å²) in [5.74, 6) is 0. The van der Waals surface area contributed by atoms with E-state index in [1.807, 2.05) is 13.8 Å². The lowest BCUT2D eigenvalue weighted by molar-refractivity contribution is 0.0799. The van der Waals surface area contributed by atoms with Gasteiger partial charge in [0.05, 0.1) is 17.6 Å². The molecule has 0 heterocycles. The van der Waals surface area contributed by atoms with Crippen LogP contribution in [0.3, 0.4) is 0 Å². The molecule has 19 heavy (non-hydrogen) atoms. The molecule has 108 valence electrons. The van der Waals surface area contributed by atoms with E-state index in [0.29, 0.717) is 17.7 Å². The summed E-state index contributed by atoms with van der Waals surface area (Å²) in [6.45, 7) is 5.98. The Morgan fingerprint density at radius 2 is 2.11 bits per heavy atom. The minimum atomic E-state index is -3.58. The number of ether oxygens (including phenoxy) is 1. The molecule has 0 saturated carbocycles. The van der Waals surface area contributed by atoms with Crippen molar-refractivity contribution in [1.29, 1.82) is 0 Å². The first-order valence-electron chi connectivity index (χ1n) is 6.22. The number of nitrogens with one attached hydrogen (secondary N) is 1. The molecular formula is C13H21NO4S. The predicted octanol–water partition coefficient (Wildman–Crippen LogP) is 1.19. The molecule has 0 aliphatic heterocycles. The maximum atomic E-state index is 12.2. The highest BCUT2D eigenvalue weighted by atomic mass is 32.2. The van der Waals surface area contributed by atoms with E-state index in [1.54, 1.807) is 19.1 Å². The van der Waals surface area contributed by atoms with Gasteiger partial charge in [-0.3, -0.25) is 0 Å². The minimum Gasteiger partial charge on any atom is -0.392 e. The Hall–Kier alpha value is -0.950. The highest BCUT2D eigenvalue weighted by Gasteiger charge is 2.18. The number of hydrogen-bond acceptors (Lipinski definition) is 4. The van der Waals surface area contributed by atoms with E-state index in [1.165, 1.54) is 6.07 Å². The standard InChI is InChI=1S/C13H21NO4S/c1-4-18-11(3)8-14-19(16,17)13-7-12(9-15)6-5-10(13)2/h5-7,11,14-15H,4,8-9H2,1-3H3. The zero-order chi connectivity index (χ0) is 14.5. The van der Waals surface area contributed by atoms with Crippen molar-refractivity contribution in [3.63, 3.8) is 0 Å². The van der Waals surface area contributed by atoms with Crippen LogP contribution in [0.2, 0.25) is 0 Å². The lowest BCUT2D eigenvalue weighted by Gasteiger charge is -2.14. The fourth-order valence-corrected chi connectivity index (χ4v) is 3.09. The number of hydrogen-bond donors (Lipinski definition) is 2. The van der Waals surface area contributed by atoms with Crippen molar-refractivity contribution < 1.29 is 18.3 Å². The third-order valence-electron chi connectivity index (χ3n) is 2.74. The monoisotopic (exact) mass is 287 g/mol. The van der Waals surface area contributed by atoms with Gasteiger partial charge < -0.3 is 9.84 Å². The Bertz CT molecular complexity index is 513. The molecule has 5 nitrogen and oxygen atoms in total. The number of rotatable bonds is 7. The zero-order valence-electron chi connectivity index (χ0n) is 11.5. The molecule has 0 aliphatic rings. The number of aryl methyl sites for hydroxylation is 1. The van der Waals surface area contributed by atoms with Crippen LogP contribution in [0.5, 0.6) is 0 Å². The number of benzene rings is 1. The molecule has 0 bridgehead atoms. The third-order valence-corrected chi connectivity index (χ3v) is 4.30. The van der Waals surface area contributed by atoms with Gasteiger partial charge in [-0.25, -0.2) is 13.1 Å². The molecule has 1 aromatic rings. The quantitative estimate of drug-likeness (QED) is 0.790. The Balaban J connectivity index is 2.88. The van der Waals surface area contributed by atoms with Crippen molar-refractivity contribution in [2.75, 3.05) is 13.2 Å². The first-order chi connectivity index (χ1) is 8.90. The van der Waals surface area contributed by atoms with Crippen molar-refractivity contribution >= 4 is 10.0 Å². The van der Waals surface area contributed by atoms with E-state index in [-0.39, 0.29) is 24.2 Å². The molecule has 0 saturated heterocycles. The van der Waals surface area contributed by atoms with Crippen LogP contribution in [0.25, 0.3) is 0 Å². The van der Waals surface area contributed by atoms with E-state index >= 15 is 0 Å². The SMILES string of the molecule is CCOC(C)CNS(=O)(=O)c1cc(CO)ccc1C. The topological polar surface area (TPSA) is 75.6 Å². The van der Waals surface area contributed by atoms with Crippen molar-refractivity contribution in [2.24, 2.45) is 0 Å². The minimum absolute atomic E-state index is 0.180. The van der Waals surface area contributed by atoms with E-state index in [2.05, 4.69) is 4.72 Å². The van der Waals surface area contributed by atoms with Crippen LogP contribution >= 0.6 is 0 Å². The normalized spacial score (nSPS) is 13.5. The van der Waals surface area contributed by atoms with Gasteiger partial charge in [0.1, 0.15) is 0 Å². The van der Waals surface area contributed by atoms with E-state index in [4.69, 9.17) is 9.84 Å². The van der Waals surface area contributed by atoms with Crippen LogP contribution in [0, 0.1) is 6.92 Å². The van der Waals surface area contributed by atoms with Crippen LogP contribution in [0.15, 0.2) is 23.1 Å². The Morgan fingerprint density at radius 3 is 2.68 bits per heavy atom. The summed E-state index contributed by atoms with van der Waals surface area (Å²) in [5.41, 5.74) is 1.22. The maximum absolute atomic E-state index is 12.2. The first kappa shape index (κ1) is 16.1. The van der Waals surface area contributed by atoms with E-state index in [9.17, 15) is 8.42 Å². The average molecular weight is 287 g/mol. The summed E-state index contributed by atoms with van der Waals surface area (Å²) >= 11 is 0. The average Bonchev–Trinajstić information content (AvgIpc) is 2.37. The van der Waals surface area contributed by atoms with Gasteiger partial charge in [0.25, 0.3) is 0 Å². The summed E-state index contributed by atoms with van der Waals surface area (Å²) in [4.78, 5) is 0.197. The summed E-state index contributed by atoms with van der Waals surface area (Å²) in [5, 5.41) is 9.07. The van der Waals surface area contributed by atoms with Gasteiger partial charge in [-0.15, -0.1) is 0 Å². The number of sulfonamides is 1. The molecule has 2 N–H and O–H groups in total. The molecule has 1 atom stereocenters. The zero-order valence-corrected chi connectivity index (χ0v) is 12.3. The molecule has 0 amide bonds. The van der Waals surface area contributed by atoms with Crippen LogP contribution in [0.4, 0.5) is 0 Å². The smallest absolute Gasteiger partial charge is 0.240 e. The lowest BCUT2D eigenvalue weighted by atomic mass is 10.2. The molecular weight excluding hydrogens is 266 g/mol. The first-order valence-corrected chi connectivity index (χ1v) is 7.70. The number of aliphatic hydroxyl groups is 1. The van der Waals surface area contributed by atoms with E-state index < -0.39 is 10.0 Å².